The first-order chi connectivity index (χ1) is 13.2. The molecular weight excluding hydrogens is 378 g/mol. The Morgan fingerprint density at radius 3 is 2.25 bits per heavy atom. The van der Waals surface area contributed by atoms with E-state index in [4.69, 9.17) is 14.2 Å². The average molecular weight is 410 g/mol. The van der Waals surface area contributed by atoms with Crippen molar-refractivity contribution in [1.29, 1.82) is 0 Å². The molecule has 1 aromatic rings. The van der Waals surface area contributed by atoms with Crippen LogP contribution >= 0.6 is 11.8 Å². The zero-order valence-electron chi connectivity index (χ0n) is 17.4. The number of benzene rings is 1. The van der Waals surface area contributed by atoms with Crippen LogP contribution in [0.1, 0.15) is 46.1 Å². The summed E-state index contributed by atoms with van der Waals surface area (Å²) in [7, 11) is 1.64. The van der Waals surface area contributed by atoms with Crippen LogP contribution in [0.15, 0.2) is 24.3 Å². The molecule has 1 aromatic carbocycles. The zero-order chi connectivity index (χ0) is 20.8. The molecule has 0 unspecified atom stereocenters. The molecule has 1 aliphatic rings. The fourth-order valence-corrected chi connectivity index (χ4v) is 4.27. The Kier molecular flexibility index (Phi) is 7.63. The number of carbonyl (C=O) groups excluding carboxylic acids is 2. The topological polar surface area (TPSA) is 65.1 Å². The summed E-state index contributed by atoms with van der Waals surface area (Å²) in [5.74, 6) is 1.30. The number of hydrogen-bond acceptors (Lipinski definition) is 6. The maximum absolute atomic E-state index is 12.7. The van der Waals surface area contributed by atoms with Gasteiger partial charge in [0, 0.05) is 18.8 Å². The van der Waals surface area contributed by atoms with Crippen molar-refractivity contribution in [2.75, 3.05) is 26.8 Å². The van der Waals surface area contributed by atoms with E-state index < -0.39 is 10.3 Å². The summed E-state index contributed by atoms with van der Waals surface area (Å²) in [6, 6.07) is 7.83. The SMILES string of the molecule is CCOC(=O)C1(SCc2ccc(OC)cc2)CCN(C(=O)OC(C)(C)C)CC1. The van der Waals surface area contributed by atoms with Gasteiger partial charge in [-0.1, -0.05) is 12.1 Å². The molecule has 2 rings (SSSR count). The second-order valence-electron chi connectivity index (χ2n) is 7.82. The molecule has 28 heavy (non-hydrogen) atoms. The molecule has 0 aromatic heterocycles. The highest BCUT2D eigenvalue weighted by molar-refractivity contribution is 8.00. The van der Waals surface area contributed by atoms with Crippen LogP contribution < -0.4 is 4.74 Å². The van der Waals surface area contributed by atoms with Crippen molar-refractivity contribution in [3.63, 3.8) is 0 Å². The van der Waals surface area contributed by atoms with Crippen LogP contribution in [0, 0.1) is 0 Å². The summed E-state index contributed by atoms with van der Waals surface area (Å²) in [5, 5.41) is 0. The minimum absolute atomic E-state index is 0.197. The summed E-state index contributed by atoms with van der Waals surface area (Å²) in [6.45, 7) is 8.66. The van der Waals surface area contributed by atoms with E-state index >= 15 is 0 Å². The van der Waals surface area contributed by atoms with E-state index in [1.807, 2.05) is 52.0 Å². The Morgan fingerprint density at radius 1 is 1.14 bits per heavy atom. The Labute approximate surface area is 171 Å². The van der Waals surface area contributed by atoms with E-state index in [9.17, 15) is 9.59 Å². The first kappa shape index (κ1) is 22.4. The monoisotopic (exact) mass is 409 g/mol. The number of nitrogens with zero attached hydrogens (tertiary/aromatic N) is 1. The van der Waals surface area contributed by atoms with Crippen molar-refractivity contribution in [1.82, 2.24) is 4.90 Å². The van der Waals surface area contributed by atoms with Gasteiger partial charge in [-0.2, -0.15) is 0 Å². The lowest BCUT2D eigenvalue weighted by Crippen LogP contribution is -2.50. The van der Waals surface area contributed by atoms with E-state index in [1.54, 1.807) is 23.8 Å². The van der Waals surface area contributed by atoms with Gasteiger partial charge < -0.3 is 19.1 Å². The minimum atomic E-state index is -0.644. The fraction of sp³-hybridized carbons (Fsp3) is 0.619. The number of carbonyl (C=O) groups is 2. The molecule has 0 spiro atoms. The largest absolute Gasteiger partial charge is 0.497 e. The molecule has 6 nitrogen and oxygen atoms in total. The number of methoxy groups -OCH3 is 1. The van der Waals surface area contributed by atoms with Gasteiger partial charge in [0.25, 0.3) is 0 Å². The number of likely N-dealkylation sites (tertiary alicyclic amines) is 1. The molecule has 7 heteroatoms. The van der Waals surface area contributed by atoms with Gasteiger partial charge in [-0.05, 0) is 58.2 Å². The van der Waals surface area contributed by atoms with Crippen molar-refractivity contribution in [3.8, 4) is 5.75 Å². The van der Waals surface area contributed by atoms with Crippen LogP contribution in [0.4, 0.5) is 4.79 Å². The molecule has 1 heterocycles. The summed E-state index contributed by atoms with van der Waals surface area (Å²) < 4.78 is 15.4. The average Bonchev–Trinajstić information content (AvgIpc) is 2.66. The fourth-order valence-electron chi connectivity index (χ4n) is 2.99. The molecule has 0 bridgehead atoms. The lowest BCUT2D eigenvalue weighted by atomic mass is 9.96. The summed E-state index contributed by atoms with van der Waals surface area (Å²) in [4.78, 5) is 26.8. The van der Waals surface area contributed by atoms with Crippen molar-refractivity contribution in [3.05, 3.63) is 29.8 Å². The molecule has 0 radical (unpaired) electrons. The maximum Gasteiger partial charge on any atom is 0.410 e. The third-order valence-corrected chi connectivity index (χ3v) is 6.15. The number of amides is 1. The second-order valence-corrected chi connectivity index (χ2v) is 9.18. The van der Waals surface area contributed by atoms with Crippen molar-refractivity contribution in [2.24, 2.45) is 0 Å². The predicted octanol–water partition coefficient (Wildman–Crippen LogP) is 4.26. The first-order valence-corrected chi connectivity index (χ1v) is 10.6. The minimum Gasteiger partial charge on any atom is -0.497 e. The van der Waals surface area contributed by atoms with E-state index in [0.29, 0.717) is 38.3 Å². The highest BCUT2D eigenvalue weighted by Crippen LogP contribution is 2.40. The van der Waals surface area contributed by atoms with Crippen LogP contribution in [0.5, 0.6) is 5.75 Å². The third-order valence-electron chi connectivity index (χ3n) is 4.54. The zero-order valence-corrected chi connectivity index (χ0v) is 18.3. The Balaban J connectivity index is 2.04. The number of rotatable bonds is 6. The van der Waals surface area contributed by atoms with Gasteiger partial charge in [0.1, 0.15) is 16.1 Å². The quantitative estimate of drug-likeness (QED) is 0.654. The lowest BCUT2D eigenvalue weighted by molar-refractivity contribution is -0.147. The van der Waals surface area contributed by atoms with Crippen LogP contribution in [0.3, 0.4) is 0 Å². The molecule has 156 valence electrons. The Morgan fingerprint density at radius 2 is 1.75 bits per heavy atom. The van der Waals surface area contributed by atoms with E-state index in [-0.39, 0.29) is 12.1 Å². The Bertz CT molecular complexity index is 660. The summed E-state index contributed by atoms with van der Waals surface area (Å²) >= 11 is 1.59. The van der Waals surface area contributed by atoms with Gasteiger partial charge in [0.05, 0.1) is 13.7 Å². The van der Waals surface area contributed by atoms with Crippen molar-refractivity contribution >= 4 is 23.8 Å². The number of esters is 1. The van der Waals surface area contributed by atoms with Crippen molar-refractivity contribution in [2.45, 2.75) is 56.6 Å². The standard InChI is InChI=1S/C21H31NO5S/c1-6-26-18(23)21(28-15-16-7-9-17(25-5)10-8-16)11-13-22(14-12-21)19(24)27-20(2,3)4/h7-10H,6,11-15H2,1-5H3. The molecule has 0 atom stereocenters. The molecule has 0 aliphatic carbocycles. The molecule has 1 fully saturated rings. The number of thioether (sulfide) groups is 1. The van der Waals surface area contributed by atoms with Gasteiger partial charge in [-0.15, -0.1) is 11.8 Å². The Hall–Kier alpha value is -1.89. The molecule has 1 amide bonds. The van der Waals surface area contributed by atoms with Crippen molar-refractivity contribution < 1.29 is 23.8 Å². The summed E-state index contributed by atoms with van der Waals surface area (Å²) in [5.41, 5.74) is 0.583. The second kappa shape index (κ2) is 9.54. The number of ether oxygens (including phenoxy) is 3. The molecular formula is C21H31NO5S. The smallest absolute Gasteiger partial charge is 0.410 e. The maximum atomic E-state index is 12.7. The normalized spacial score (nSPS) is 16.4. The first-order valence-electron chi connectivity index (χ1n) is 9.61. The number of hydrogen-bond donors (Lipinski definition) is 0. The lowest BCUT2D eigenvalue weighted by Gasteiger charge is -2.39. The van der Waals surface area contributed by atoms with Crippen LogP contribution in [0.25, 0.3) is 0 Å². The van der Waals surface area contributed by atoms with Crippen LogP contribution in [-0.4, -0.2) is 54.1 Å². The van der Waals surface area contributed by atoms with Crippen LogP contribution in [-0.2, 0) is 20.0 Å². The third kappa shape index (κ3) is 6.06. The highest BCUT2D eigenvalue weighted by atomic mass is 32.2. The predicted molar refractivity (Wildman–Crippen MR) is 111 cm³/mol. The highest BCUT2D eigenvalue weighted by Gasteiger charge is 2.44. The molecule has 1 aliphatic heterocycles. The van der Waals surface area contributed by atoms with Crippen LogP contribution in [0.2, 0.25) is 0 Å². The van der Waals surface area contributed by atoms with E-state index in [2.05, 4.69) is 0 Å². The molecule has 0 saturated carbocycles. The molecule has 0 N–H and O–H groups in total. The van der Waals surface area contributed by atoms with Gasteiger partial charge in [-0.25, -0.2) is 4.79 Å². The van der Waals surface area contributed by atoms with Gasteiger partial charge >= 0.3 is 12.1 Å². The summed E-state index contributed by atoms with van der Waals surface area (Å²) in [6.07, 6.45) is 0.766. The van der Waals surface area contributed by atoms with Gasteiger partial charge in [0.2, 0.25) is 0 Å². The van der Waals surface area contributed by atoms with Gasteiger partial charge in [0.15, 0.2) is 0 Å². The van der Waals surface area contributed by atoms with E-state index in [0.717, 1.165) is 11.3 Å². The number of piperidine rings is 1. The van der Waals surface area contributed by atoms with Gasteiger partial charge in [-0.3, -0.25) is 4.79 Å². The van der Waals surface area contributed by atoms with E-state index in [1.165, 1.54) is 0 Å². The molecule has 1 saturated heterocycles.